The van der Waals surface area contributed by atoms with Gasteiger partial charge in [0.15, 0.2) is 0 Å². The van der Waals surface area contributed by atoms with Gasteiger partial charge in [-0.05, 0) is 6.92 Å². The van der Waals surface area contributed by atoms with E-state index in [2.05, 4.69) is 5.10 Å². The molecule has 52 valence electrons. The van der Waals surface area contributed by atoms with Gasteiger partial charge in [0, 0.05) is 18.8 Å². The summed E-state index contributed by atoms with van der Waals surface area (Å²) >= 11 is 0. The highest BCUT2D eigenvalue weighted by Gasteiger charge is 1.89. The van der Waals surface area contributed by atoms with Crippen LogP contribution in [-0.2, 0) is 7.05 Å². The van der Waals surface area contributed by atoms with E-state index in [0.717, 1.165) is 5.69 Å². The van der Waals surface area contributed by atoms with Gasteiger partial charge in [0.2, 0.25) is 0 Å². The lowest BCUT2D eigenvalue weighted by Crippen LogP contribution is -2.00. The number of rotatable bonds is 0. The first-order chi connectivity index (χ1) is 3.70. The van der Waals surface area contributed by atoms with E-state index in [9.17, 15) is 4.79 Å². The highest BCUT2D eigenvalue weighted by atomic mass is 35.5. The van der Waals surface area contributed by atoms with Crippen LogP contribution in [0.5, 0.6) is 0 Å². The molecule has 0 radical (unpaired) electrons. The second kappa shape index (κ2) is 2.73. The maximum absolute atomic E-state index is 10.4. The highest BCUT2D eigenvalue weighted by molar-refractivity contribution is 5.85. The summed E-state index contributed by atoms with van der Waals surface area (Å²) in [7, 11) is 1.80. The van der Waals surface area contributed by atoms with Crippen molar-refractivity contribution in [1.29, 1.82) is 0 Å². The summed E-state index contributed by atoms with van der Waals surface area (Å²) in [5.41, 5.74) is 0.917. The number of nitrogens with zero attached hydrogens (tertiary/aromatic N) is 1. The molecule has 0 spiro atoms. The Bertz CT molecular complexity index is 215. The average Bonchev–Trinajstić information content (AvgIpc) is 1.85. The van der Waals surface area contributed by atoms with Crippen molar-refractivity contribution in [2.75, 3.05) is 0 Å². The van der Waals surface area contributed by atoms with Crippen molar-refractivity contribution in [3.05, 3.63) is 22.1 Å². The number of aromatic amines is 1. The van der Waals surface area contributed by atoms with Crippen LogP contribution in [0.2, 0.25) is 0 Å². The Kier molecular flexibility index (Phi) is 2.52. The Morgan fingerprint density at radius 3 is 2.33 bits per heavy atom. The molecule has 0 aromatic carbocycles. The van der Waals surface area contributed by atoms with Crippen LogP contribution in [0.3, 0.4) is 0 Å². The van der Waals surface area contributed by atoms with Gasteiger partial charge in [-0.1, -0.05) is 0 Å². The van der Waals surface area contributed by atoms with Crippen LogP contribution in [-0.4, -0.2) is 9.78 Å². The first-order valence-electron chi connectivity index (χ1n) is 2.43. The van der Waals surface area contributed by atoms with Crippen molar-refractivity contribution >= 4 is 12.4 Å². The van der Waals surface area contributed by atoms with E-state index >= 15 is 0 Å². The summed E-state index contributed by atoms with van der Waals surface area (Å²) in [5, 5.41) is 2.57. The van der Waals surface area contributed by atoms with Crippen LogP contribution in [0.1, 0.15) is 5.69 Å². The van der Waals surface area contributed by atoms with Gasteiger partial charge in [0.1, 0.15) is 0 Å². The molecular formula is C5H9ClN2O. The topological polar surface area (TPSA) is 37.8 Å². The molecule has 1 aromatic rings. The zero-order valence-corrected chi connectivity index (χ0v) is 6.16. The molecule has 0 bridgehead atoms. The molecule has 0 unspecified atom stereocenters. The van der Waals surface area contributed by atoms with Gasteiger partial charge in [-0.15, -0.1) is 12.4 Å². The van der Waals surface area contributed by atoms with Gasteiger partial charge in [0.05, 0.1) is 0 Å². The molecule has 1 N–H and O–H groups in total. The molecule has 0 atom stereocenters. The number of nitrogens with one attached hydrogen (secondary N) is 1. The second-order valence-electron chi connectivity index (χ2n) is 1.82. The molecule has 3 nitrogen and oxygen atoms in total. The molecule has 0 saturated heterocycles. The summed E-state index contributed by atoms with van der Waals surface area (Å²) in [6, 6.07) is 1.56. The number of aromatic nitrogens is 2. The van der Waals surface area contributed by atoms with Crippen LogP contribution < -0.4 is 5.56 Å². The predicted octanol–water partition coefficient (Wildman–Crippen LogP) is 0.444. The molecule has 1 rings (SSSR count). The van der Waals surface area contributed by atoms with Gasteiger partial charge in [-0.3, -0.25) is 14.6 Å². The van der Waals surface area contributed by atoms with Crippen LogP contribution in [0.25, 0.3) is 0 Å². The molecule has 0 amide bonds. The van der Waals surface area contributed by atoms with Crippen LogP contribution in [0.4, 0.5) is 0 Å². The van der Waals surface area contributed by atoms with Crippen molar-refractivity contribution < 1.29 is 0 Å². The summed E-state index contributed by atoms with van der Waals surface area (Å²) in [5.74, 6) is 0. The fourth-order valence-electron chi connectivity index (χ4n) is 0.572. The van der Waals surface area contributed by atoms with E-state index in [4.69, 9.17) is 0 Å². The van der Waals surface area contributed by atoms with Gasteiger partial charge < -0.3 is 0 Å². The molecule has 0 fully saturated rings. The minimum Gasteiger partial charge on any atom is -0.293 e. The van der Waals surface area contributed by atoms with Gasteiger partial charge >= 0.3 is 0 Å². The standard InChI is InChI=1S/C5H8N2O.ClH/c1-4-3-5(8)6-7(4)2;/h3H,1-2H3,(H,6,8);1H. The number of H-pyrrole nitrogens is 1. The number of hydrogen-bond donors (Lipinski definition) is 1. The van der Waals surface area contributed by atoms with Crippen molar-refractivity contribution in [3.8, 4) is 0 Å². The van der Waals surface area contributed by atoms with Gasteiger partial charge in [0.25, 0.3) is 5.56 Å². The molecule has 0 aliphatic rings. The lowest BCUT2D eigenvalue weighted by Gasteiger charge is -1.89. The molecular weight excluding hydrogens is 140 g/mol. The maximum atomic E-state index is 10.4. The normalized spacial score (nSPS) is 8.67. The Morgan fingerprint density at radius 1 is 1.67 bits per heavy atom. The first-order valence-corrected chi connectivity index (χ1v) is 2.43. The minimum atomic E-state index is -0.0370. The van der Waals surface area contributed by atoms with Crippen LogP contribution >= 0.6 is 12.4 Å². The quantitative estimate of drug-likeness (QED) is 0.570. The fourth-order valence-corrected chi connectivity index (χ4v) is 0.572. The fraction of sp³-hybridized carbons (Fsp3) is 0.400. The maximum Gasteiger partial charge on any atom is 0.264 e. The van der Waals surface area contributed by atoms with Crippen LogP contribution in [0, 0.1) is 6.92 Å². The van der Waals surface area contributed by atoms with E-state index in [1.165, 1.54) is 0 Å². The molecule has 1 heterocycles. The van der Waals surface area contributed by atoms with Crippen LogP contribution in [0.15, 0.2) is 10.9 Å². The van der Waals surface area contributed by atoms with E-state index < -0.39 is 0 Å². The average molecular weight is 149 g/mol. The lowest BCUT2D eigenvalue weighted by atomic mass is 10.5. The lowest BCUT2D eigenvalue weighted by molar-refractivity contribution is 0.731. The van der Waals surface area contributed by atoms with Crippen molar-refractivity contribution in [2.45, 2.75) is 6.92 Å². The Labute approximate surface area is 59.1 Å². The molecule has 9 heavy (non-hydrogen) atoms. The molecule has 0 aliphatic heterocycles. The predicted molar refractivity (Wildman–Crippen MR) is 38.0 cm³/mol. The number of hydrogen-bond acceptors (Lipinski definition) is 1. The third-order valence-electron chi connectivity index (χ3n) is 1.15. The third-order valence-corrected chi connectivity index (χ3v) is 1.15. The Hall–Kier alpha value is -0.700. The molecule has 0 aliphatic carbocycles. The van der Waals surface area contributed by atoms with E-state index in [-0.39, 0.29) is 18.0 Å². The number of halogens is 1. The third kappa shape index (κ3) is 1.61. The number of aryl methyl sites for hydroxylation is 2. The molecule has 1 aromatic heterocycles. The summed E-state index contributed by atoms with van der Waals surface area (Å²) in [6.45, 7) is 1.87. The molecule has 4 heteroatoms. The zero-order valence-electron chi connectivity index (χ0n) is 5.34. The van der Waals surface area contributed by atoms with E-state index in [0.29, 0.717) is 0 Å². The van der Waals surface area contributed by atoms with Gasteiger partial charge in [-0.2, -0.15) is 0 Å². The second-order valence-corrected chi connectivity index (χ2v) is 1.82. The smallest absolute Gasteiger partial charge is 0.264 e. The summed E-state index contributed by atoms with van der Waals surface area (Å²) in [6.07, 6.45) is 0. The van der Waals surface area contributed by atoms with E-state index in [1.807, 2.05) is 6.92 Å². The summed E-state index contributed by atoms with van der Waals surface area (Å²) < 4.78 is 1.68. The SMILES string of the molecule is Cc1cc(=O)[nH]n1C.Cl. The minimum absolute atomic E-state index is 0. The van der Waals surface area contributed by atoms with Crippen molar-refractivity contribution in [2.24, 2.45) is 7.05 Å². The van der Waals surface area contributed by atoms with Crippen molar-refractivity contribution in [3.63, 3.8) is 0 Å². The monoisotopic (exact) mass is 148 g/mol. The Balaban J connectivity index is 0.000000640. The largest absolute Gasteiger partial charge is 0.293 e. The first kappa shape index (κ1) is 8.30. The summed E-state index contributed by atoms with van der Waals surface area (Å²) in [4.78, 5) is 10.4. The van der Waals surface area contributed by atoms with E-state index in [1.54, 1.807) is 17.8 Å². The molecule has 0 saturated carbocycles. The van der Waals surface area contributed by atoms with Gasteiger partial charge in [-0.25, -0.2) is 0 Å². The highest BCUT2D eigenvalue weighted by Crippen LogP contribution is 1.83. The van der Waals surface area contributed by atoms with Crippen molar-refractivity contribution in [1.82, 2.24) is 9.78 Å². The Morgan fingerprint density at radius 2 is 2.22 bits per heavy atom. The zero-order chi connectivity index (χ0) is 6.15.